The maximum Gasteiger partial charge on any atom is 0.241 e. The summed E-state index contributed by atoms with van der Waals surface area (Å²) in [4.78, 5) is 19.1. The second-order valence-electron chi connectivity index (χ2n) is 7.29. The van der Waals surface area contributed by atoms with Gasteiger partial charge in [-0.2, -0.15) is 4.98 Å². The summed E-state index contributed by atoms with van der Waals surface area (Å²) in [5.74, 6) is 1.45. The number of amides is 1. The van der Waals surface area contributed by atoms with Gasteiger partial charge >= 0.3 is 0 Å². The minimum absolute atomic E-state index is 0.0270. The van der Waals surface area contributed by atoms with E-state index in [1.807, 2.05) is 24.3 Å². The molecule has 0 radical (unpaired) electrons. The van der Waals surface area contributed by atoms with Crippen LogP contribution in [0.15, 0.2) is 53.1 Å². The Morgan fingerprint density at radius 1 is 1.17 bits per heavy atom. The number of aromatic nitrogens is 2. The van der Waals surface area contributed by atoms with Crippen molar-refractivity contribution in [1.82, 2.24) is 15.0 Å². The van der Waals surface area contributed by atoms with Crippen molar-refractivity contribution in [2.45, 2.75) is 19.4 Å². The van der Waals surface area contributed by atoms with Crippen molar-refractivity contribution in [3.05, 3.63) is 60.2 Å². The molecule has 1 aliphatic rings. The number of rotatable bonds is 6. The highest BCUT2D eigenvalue weighted by molar-refractivity contribution is 5.92. The van der Waals surface area contributed by atoms with Crippen LogP contribution in [0.3, 0.4) is 0 Å². The third-order valence-corrected chi connectivity index (χ3v) is 5.25. The van der Waals surface area contributed by atoms with Crippen molar-refractivity contribution in [2.75, 3.05) is 25.5 Å². The molecular weight excluding hydrogens is 387 g/mol. The van der Waals surface area contributed by atoms with Gasteiger partial charge in [-0.25, -0.2) is 4.39 Å². The van der Waals surface area contributed by atoms with Crippen LogP contribution in [0.5, 0.6) is 5.75 Å². The number of anilines is 1. The van der Waals surface area contributed by atoms with Crippen LogP contribution in [0, 0.1) is 11.7 Å². The number of hydrogen-bond donors (Lipinski definition) is 1. The van der Waals surface area contributed by atoms with E-state index in [4.69, 9.17) is 9.26 Å². The zero-order valence-electron chi connectivity index (χ0n) is 16.7. The zero-order chi connectivity index (χ0) is 20.9. The molecule has 8 heteroatoms. The highest BCUT2D eigenvalue weighted by Crippen LogP contribution is 2.23. The number of likely N-dealkylation sites (tertiary alicyclic amines) is 1. The molecule has 1 fully saturated rings. The molecule has 1 aliphatic heterocycles. The summed E-state index contributed by atoms with van der Waals surface area (Å²) in [6, 6.07) is 13.3. The van der Waals surface area contributed by atoms with E-state index in [1.54, 1.807) is 19.2 Å². The Hall–Kier alpha value is -3.26. The Labute approximate surface area is 173 Å². The van der Waals surface area contributed by atoms with E-state index in [9.17, 15) is 9.18 Å². The van der Waals surface area contributed by atoms with Gasteiger partial charge in [0.2, 0.25) is 17.6 Å². The lowest BCUT2D eigenvalue weighted by Crippen LogP contribution is -2.37. The second kappa shape index (κ2) is 9.04. The summed E-state index contributed by atoms with van der Waals surface area (Å²) in [5, 5.41) is 6.92. The van der Waals surface area contributed by atoms with Gasteiger partial charge in [0.25, 0.3) is 0 Å². The van der Waals surface area contributed by atoms with Gasteiger partial charge < -0.3 is 14.6 Å². The Morgan fingerprint density at radius 3 is 2.53 bits per heavy atom. The van der Waals surface area contributed by atoms with Gasteiger partial charge in [0.15, 0.2) is 0 Å². The lowest BCUT2D eigenvalue weighted by Gasteiger charge is -2.30. The number of nitrogens with one attached hydrogen (secondary N) is 1. The Morgan fingerprint density at radius 2 is 1.87 bits per heavy atom. The third-order valence-electron chi connectivity index (χ3n) is 5.25. The predicted octanol–water partition coefficient (Wildman–Crippen LogP) is 3.74. The van der Waals surface area contributed by atoms with Gasteiger partial charge in [0, 0.05) is 17.2 Å². The number of carbonyl (C=O) groups excluding carboxylic acids is 1. The van der Waals surface area contributed by atoms with E-state index in [2.05, 4.69) is 20.4 Å². The predicted molar refractivity (Wildman–Crippen MR) is 109 cm³/mol. The Bertz CT molecular complexity index is 980. The molecule has 156 valence electrons. The molecule has 0 aliphatic carbocycles. The fraction of sp³-hybridized carbons (Fsp3) is 0.318. The molecule has 1 N–H and O–H groups in total. The van der Waals surface area contributed by atoms with Crippen molar-refractivity contribution in [2.24, 2.45) is 5.92 Å². The number of hydrogen-bond acceptors (Lipinski definition) is 6. The summed E-state index contributed by atoms with van der Waals surface area (Å²) in [5.41, 5.74) is 1.47. The Kier molecular flexibility index (Phi) is 6.04. The highest BCUT2D eigenvalue weighted by Gasteiger charge is 2.26. The van der Waals surface area contributed by atoms with Crippen LogP contribution in [0.2, 0.25) is 0 Å². The molecule has 1 amide bonds. The first kappa shape index (κ1) is 20.0. The van der Waals surface area contributed by atoms with Crippen LogP contribution >= 0.6 is 0 Å². The zero-order valence-corrected chi connectivity index (χ0v) is 16.7. The summed E-state index contributed by atoms with van der Waals surface area (Å²) in [6.07, 6.45) is 1.49. The number of piperidine rings is 1. The third kappa shape index (κ3) is 4.83. The number of nitrogens with zero attached hydrogens (tertiary/aromatic N) is 3. The van der Waals surface area contributed by atoms with E-state index >= 15 is 0 Å². The minimum Gasteiger partial charge on any atom is -0.497 e. The smallest absolute Gasteiger partial charge is 0.241 e. The van der Waals surface area contributed by atoms with Gasteiger partial charge in [-0.05, 0) is 74.5 Å². The van der Waals surface area contributed by atoms with Gasteiger partial charge in [0.05, 0.1) is 13.7 Å². The summed E-state index contributed by atoms with van der Waals surface area (Å²) >= 11 is 0. The maximum atomic E-state index is 13.0. The standard InChI is InChI=1S/C22H23FN4O3/c1-29-19-8-2-15(3-9-19)21-25-20(30-26-21)14-27-12-10-16(11-13-27)22(28)24-18-6-4-17(23)5-7-18/h2-9,16H,10-14H2,1H3,(H,24,28). The molecule has 0 bridgehead atoms. The number of methoxy groups -OCH3 is 1. The quantitative estimate of drug-likeness (QED) is 0.667. The highest BCUT2D eigenvalue weighted by atomic mass is 19.1. The molecule has 3 aromatic rings. The number of benzene rings is 2. The first-order valence-corrected chi connectivity index (χ1v) is 9.86. The van der Waals surface area contributed by atoms with E-state index in [1.165, 1.54) is 12.1 Å². The summed E-state index contributed by atoms with van der Waals surface area (Å²) in [7, 11) is 1.62. The maximum absolute atomic E-state index is 13.0. The monoisotopic (exact) mass is 410 g/mol. The number of carbonyl (C=O) groups is 1. The molecule has 2 aromatic carbocycles. The van der Waals surface area contributed by atoms with Crippen molar-refractivity contribution >= 4 is 11.6 Å². The number of ether oxygens (including phenoxy) is 1. The topological polar surface area (TPSA) is 80.5 Å². The average Bonchev–Trinajstić information content (AvgIpc) is 3.24. The molecule has 0 atom stereocenters. The van der Waals surface area contributed by atoms with Crippen LogP contribution in [0.4, 0.5) is 10.1 Å². The van der Waals surface area contributed by atoms with Crippen molar-refractivity contribution in [1.29, 1.82) is 0 Å². The molecule has 7 nitrogen and oxygen atoms in total. The lowest BCUT2D eigenvalue weighted by molar-refractivity contribution is -0.121. The van der Waals surface area contributed by atoms with Crippen molar-refractivity contribution in [3.63, 3.8) is 0 Å². The molecular formula is C22H23FN4O3. The van der Waals surface area contributed by atoms with E-state index in [0.717, 1.165) is 37.2 Å². The number of halogens is 1. The molecule has 0 unspecified atom stereocenters. The lowest BCUT2D eigenvalue weighted by atomic mass is 9.96. The van der Waals surface area contributed by atoms with Crippen molar-refractivity contribution in [3.8, 4) is 17.1 Å². The molecule has 1 saturated heterocycles. The SMILES string of the molecule is COc1ccc(-c2noc(CN3CCC(C(=O)Nc4ccc(F)cc4)CC3)n2)cc1. The summed E-state index contributed by atoms with van der Waals surface area (Å²) < 4.78 is 23.5. The summed E-state index contributed by atoms with van der Waals surface area (Å²) in [6.45, 7) is 2.08. The van der Waals surface area contributed by atoms with Gasteiger partial charge in [-0.15, -0.1) is 0 Å². The normalized spacial score (nSPS) is 15.1. The first-order chi connectivity index (χ1) is 14.6. The van der Waals surface area contributed by atoms with Crippen LogP contribution < -0.4 is 10.1 Å². The van der Waals surface area contributed by atoms with E-state index in [-0.39, 0.29) is 17.6 Å². The van der Waals surface area contributed by atoms with Crippen molar-refractivity contribution < 1.29 is 18.4 Å². The molecule has 1 aromatic heterocycles. The molecule has 0 spiro atoms. The molecule has 0 saturated carbocycles. The van der Waals surface area contributed by atoms with Gasteiger partial charge in [-0.1, -0.05) is 5.16 Å². The first-order valence-electron chi connectivity index (χ1n) is 9.86. The van der Waals surface area contributed by atoms with Crippen LogP contribution in [-0.2, 0) is 11.3 Å². The van der Waals surface area contributed by atoms with Crippen LogP contribution in [0.1, 0.15) is 18.7 Å². The average molecular weight is 410 g/mol. The van der Waals surface area contributed by atoms with E-state index < -0.39 is 0 Å². The fourth-order valence-corrected chi connectivity index (χ4v) is 3.50. The fourth-order valence-electron chi connectivity index (χ4n) is 3.50. The van der Waals surface area contributed by atoms with E-state index in [0.29, 0.717) is 23.9 Å². The second-order valence-corrected chi connectivity index (χ2v) is 7.29. The van der Waals surface area contributed by atoms with Gasteiger partial charge in [0.1, 0.15) is 11.6 Å². The van der Waals surface area contributed by atoms with Crippen LogP contribution in [0.25, 0.3) is 11.4 Å². The Balaban J connectivity index is 1.28. The van der Waals surface area contributed by atoms with Gasteiger partial charge in [-0.3, -0.25) is 9.69 Å². The molecule has 30 heavy (non-hydrogen) atoms. The largest absolute Gasteiger partial charge is 0.497 e. The molecule has 2 heterocycles. The molecule has 4 rings (SSSR count). The van der Waals surface area contributed by atoms with Crippen LogP contribution in [-0.4, -0.2) is 41.1 Å². The minimum atomic E-state index is -0.322.